The molecule has 5 heteroatoms. The van der Waals surface area contributed by atoms with Gasteiger partial charge < -0.3 is 0 Å². The first-order valence-corrected chi connectivity index (χ1v) is 4.26. The first kappa shape index (κ1) is 10.7. The van der Waals surface area contributed by atoms with Crippen LogP contribution < -0.4 is 0 Å². The number of nitrogens with zero attached hydrogens (tertiary/aromatic N) is 1. The highest BCUT2D eigenvalue weighted by molar-refractivity contribution is 6.34. The Morgan fingerprint density at radius 2 is 2.07 bits per heavy atom. The van der Waals surface area contributed by atoms with Crippen molar-refractivity contribution in [1.29, 1.82) is 0 Å². The van der Waals surface area contributed by atoms with Crippen molar-refractivity contribution in [3.05, 3.63) is 38.4 Å². The molecule has 0 atom stereocenters. The summed E-state index contributed by atoms with van der Waals surface area (Å²) in [7, 11) is 0. The van der Waals surface area contributed by atoms with E-state index in [1.807, 2.05) is 0 Å². The first-order chi connectivity index (χ1) is 6.43. The van der Waals surface area contributed by atoms with E-state index in [0.717, 1.165) is 0 Å². The Balaban J connectivity index is 3.52. The number of hydrogen-bond donors (Lipinski definition) is 0. The second-order valence-electron chi connectivity index (χ2n) is 2.95. The maximum Gasteiger partial charge on any atom is 0.281 e. The molecule has 1 aromatic carbocycles. The number of benzene rings is 1. The predicted octanol–water partition coefficient (Wildman–Crippen LogP) is 2.76. The number of ketones is 1. The van der Waals surface area contributed by atoms with E-state index >= 15 is 0 Å². The molecule has 0 aromatic heterocycles. The van der Waals surface area contributed by atoms with Gasteiger partial charge in [-0.05, 0) is 25.5 Å². The van der Waals surface area contributed by atoms with E-state index in [0.29, 0.717) is 5.56 Å². The Morgan fingerprint density at radius 1 is 1.50 bits per heavy atom. The van der Waals surface area contributed by atoms with Crippen LogP contribution in [-0.4, -0.2) is 10.7 Å². The summed E-state index contributed by atoms with van der Waals surface area (Å²) in [5.41, 5.74) is 0.400. The van der Waals surface area contributed by atoms with Gasteiger partial charge in [0.1, 0.15) is 5.56 Å². The molecule has 74 valence electrons. The van der Waals surface area contributed by atoms with Gasteiger partial charge in [-0.3, -0.25) is 14.9 Å². The van der Waals surface area contributed by atoms with Crippen LogP contribution in [0.25, 0.3) is 0 Å². The smallest absolute Gasteiger partial charge is 0.281 e. The average molecular weight is 214 g/mol. The van der Waals surface area contributed by atoms with Gasteiger partial charge in [-0.15, -0.1) is 0 Å². The number of rotatable bonds is 2. The van der Waals surface area contributed by atoms with Crippen LogP contribution in [0.1, 0.15) is 22.8 Å². The lowest BCUT2D eigenvalue weighted by Gasteiger charge is -2.02. The fourth-order valence-electron chi connectivity index (χ4n) is 1.22. The molecule has 0 saturated heterocycles. The van der Waals surface area contributed by atoms with Gasteiger partial charge in [0.05, 0.1) is 9.95 Å². The second-order valence-corrected chi connectivity index (χ2v) is 3.36. The fraction of sp³-hybridized carbons (Fsp3) is 0.222. The molecule has 0 spiro atoms. The maximum absolute atomic E-state index is 11.1. The molecule has 0 heterocycles. The van der Waals surface area contributed by atoms with E-state index < -0.39 is 10.7 Å². The number of aryl methyl sites for hydroxylation is 1. The van der Waals surface area contributed by atoms with Crippen LogP contribution in [0.5, 0.6) is 0 Å². The molecule has 0 unspecified atom stereocenters. The lowest BCUT2D eigenvalue weighted by molar-refractivity contribution is -0.385. The van der Waals surface area contributed by atoms with E-state index in [9.17, 15) is 14.9 Å². The highest BCUT2D eigenvalue weighted by Gasteiger charge is 2.21. The summed E-state index contributed by atoms with van der Waals surface area (Å²) < 4.78 is 0. The van der Waals surface area contributed by atoms with Crippen molar-refractivity contribution in [2.24, 2.45) is 0 Å². The van der Waals surface area contributed by atoms with Crippen molar-refractivity contribution in [3.8, 4) is 0 Å². The zero-order valence-corrected chi connectivity index (χ0v) is 8.46. The molecule has 0 radical (unpaired) electrons. The zero-order valence-electron chi connectivity index (χ0n) is 7.70. The van der Waals surface area contributed by atoms with Gasteiger partial charge in [0.15, 0.2) is 5.78 Å². The van der Waals surface area contributed by atoms with Crippen molar-refractivity contribution in [1.82, 2.24) is 0 Å². The van der Waals surface area contributed by atoms with Crippen molar-refractivity contribution >= 4 is 23.1 Å². The highest BCUT2D eigenvalue weighted by atomic mass is 35.5. The molecule has 1 rings (SSSR count). The lowest BCUT2D eigenvalue weighted by Crippen LogP contribution is -2.01. The number of hydrogen-bond acceptors (Lipinski definition) is 3. The summed E-state index contributed by atoms with van der Waals surface area (Å²) in [4.78, 5) is 21.1. The summed E-state index contributed by atoms with van der Waals surface area (Å²) in [5.74, 6) is -0.401. The van der Waals surface area contributed by atoms with E-state index in [4.69, 9.17) is 11.6 Å². The summed E-state index contributed by atoms with van der Waals surface area (Å²) in [6.45, 7) is 2.94. The standard InChI is InChI=1S/C9H8ClNO3/c1-5-3-7(10)9(6(2)12)8(4-5)11(13)14/h3-4H,1-2H3. The summed E-state index contributed by atoms with van der Waals surface area (Å²) >= 11 is 5.75. The third-order valence-corrected chi connectivity index (χ3v) is 2.06. The Labute approximate surface area is 85.6 Å². The van der Waals surface area contributed by atoms with Gasteiger partial charge >= 0.3 is 0 Å². The predicted molar refractivity (Wildman–Crippen MR) is 52.8 cm³/mol. The van der Waals surface area contributed by atoms with Gasteiger partial charge in [-0.1, -0.05) is 11.6 Å². The molecular weight excluding hydrogens is 206 g/mol. The highest BCUT2D eigenvalue weighted by Crippen LogP contribution is 2.28. The molecule has 0 amide bonds. The van der Waals surface area contributed by atoms with Crippen LogP contribution >= 0.6 is 11.6 Å². The molecule has 0 aliphatic rings. The molecule has 14 heavy (non-hydrogen) atoms. The molecule has 0 fully saturated rings. The van der Waals surface area contributed by atoms with Crippen molar-refractivity contribution in [2.75, 3.05) is 0 Å². The Morgan fingerprint density at radius 3 is 2.50 bits per heavy atom. The van der Waals surface area contributed by atoms with Gasteiger partial charge in [0.25, 0.3) is 5.69 Å². The second kappa shape index (κ2) is 3.75. The van der Waals surface area contributed by atoms with Crippen LogP contribution in [0.3, 0.4) is 0 Å². The maximum atomic E-state index is 11.1. The minimum Gasteiger partial charge on any atom is -0.294 e. The fourth-order valence-corrected chi connectivity index (χ4v) is 1.62. The van der Waals surface area contributed by atoms with Crippen LogP contribution in [0.2, 0.25) is 5.02 Å². The summed E-state index contributed by atoms with van der Waals surface area (Å²) in [6, 6.07) is 2.87. The van der Waals surface area contributed by atoms with Gasteiger partial charge in [0.2, 0.25) is 0 Å². The summed E-state index contributed by atoms with van der Waals surface area (Å²) in [5, 5.41) is 10.8. The zero-order chi connectivity index (χ0) is 10.9. The van der Waals surface area contributed by atoms with Crippen LogP contribution in [0.4, 0.5) is 5.69 Å². The third-order valence-electron chi connectivity index (χ3n) is 1.76. The van der Waals surface area contributed by atoms with E-state index in [1.165, 1.54) is 19.1 Å². The number of halogens is 1. The first-order valence-electron chi connectivity index (χ1n) is 3.89. The van der Waals surface area contributed by atoms with Crippen molar-refractivity contribution < 1.29 is 9.72 Å². The molecule has 0 aliphatic carbocycles. The van der Waals surface area contributed by atoms with Crippen LogP contribution in [0, 0.1) is 17.0 Å². The van der Waals surface area contributed by atoms with E-state index in [1.54, 1.807) is 6.92 Å². The third kappa shape index (κ3) is 1.90. The molecule has 1 aromatic rings. The minimum atomic E-state index is -0.602. The summed E-state index contributed by atoms with van der Waals surface area (Å²) in [6.07, 6.45) is 0. The number of Topliss-reactive ketones (excluding diaryl/α,β-unsaturated/α-hetero) is 1. The number of nitro benzene ring substituents is 1. The Hall–Kier alpha value is -1.42. The molecule has 0 N–H and O–H groups in total. The van der Waals surface area contributed by atoms with Gasteiger partial charge in [-0.2, -0.15) is 0 Å². The Bertz CT molecular complexity index is 415. The topological polar surface area (TPSA) is 60.2 Å². The largest absolute Gasteiger partial charge is 0.294 e. The molecule has 0 saturated carbocycles. The van der Waals surface area contributed by atoms with Gasteiger partial charge in [0, 0.05) is 6.07 Å². The average Bonchev–Trinajstić information content (AvgIpc) is 2.01. The number of nitro groups is 1. The molecular formula is C9H8ClNO3. The van der Waals surface area contributed by atoms with Crippen LogP contribution in [0.15, 0.2) is 12.1 Å². The van der Waals surface area contributed by atoms with Crippen LogP contribution in [-0.2, 0) is 0 Å². The normalized spacial score (nSPS) is 9.93. The minimum absolute atomic E-state index is 0.0257. The monoisotopic (exact) mass is 213 g/mol. The van der Waals surface area contributed by atoms with E-state index in [-0.39, 0.29) is 16.3 Å². The Kier molecular flexibility index (Phi) is 2.86. The van der Waals surface area contributed by atoms with E-state index in [2.05, 4.69) is 0 Å². The molecule has 0 aliphatic heterocycles. The number of carbonyl (C=O) groups is 1. The number of carbonyl (C=O) groups excluding carboxylic acids is 1. The molecule has 0 bridgehead atoms. The van der Waals surface area contributed by atoms with Gasteiger partial charge in [-0.25, -0.2) is 0 Å². The van der Waals surface area contributed by atoms with Crippen molar-refractivity contribution in [2.45, 2.75) is 13.8 Å². The SMILES string of the molecule is CC(=O)c1c(Cl)cc(C)cc1[N+](=O)[O-]. The molecule has 4 nitrogen and oxygen atoms in total. The lowest BCUT2D eigenvalue weighted by atomic mass is 10.1. The quantitative estimate of drug-likeness (QED) is 0.431. The van der Waals surface area contributed by atoms with Crippen molar-refractivity contribution in [3.63, 3.8) is 0 Å².